The number of phenolic OH excluding ortho intramolecular Hbond substituents is 1. The molecule has 0 radical (unpaired) electrons. The summed E-state index contributed by atoms with van der Waals surface area (Å²) in [6.45, 7) is 27.1. The highest BCUT2D eigenvalue weighted by molar-refractivity contribution is 5.82. The molecule has 0 saturated heterocycles. The molecule has 192 valence electrons. The predicted octanol–water partition coefficient (Wildman–Crippen LogP) is 9.74. The van der Waals surface area contributed by atoms with Crippen LogP contribution in [-0.4, -0.2) is 5.11 Å². The van der Waals surface area contributed by atoms with Crippen LogP contribution in [0.4, 0.5) is 0 Å². The molecule has 0 heterocycles. The lowest BCUT2D eigenvalue weighted by molar-refractivity contribution is 0.437. The summed E-state index contributed by atoms with van der Waals surface area (Å²) >= 11 is 0. The number of aromatic hydroxyl groups is 1. The van der Waals surface area contributed by atoms with Gasteiger partial charge in [-0.1, -0.05) is 132 Å². The molecule has 1 heteroatoms. The van der Waals surface area contributed by atoms with E-state index in [2.05, 4.69) is 132 Å². The summed E-state index contributed by atoms with van der Waals surface area (Å²) in [7, 11) is 0. The smallest absolute Gasteiger partial charge is 0.123 e. The molecule has 0 amide bonds. The van der Waals surface area contributed by atoms with Crippen LogP contribution in [0.25, 0.3) is 11.1 Å². The van der Waals surface area contributed by atoms with Crippen LogP contribution in [-0.2, 0) is 21.7 Å². The maximum atomic E-state index is 11.9. The fourth-order valence-corrected chi connectivity index (χ4v) is 5.41. The highest BCUT2D eigenvalue weighted by atomic mass is 16.3. The lowest BCUT2D eigenvalue weighted by atomic mass is 9.75. The van der Waals surface area contributed by atoms with Crippen LogP contribution in [0.1, 0.15) is 128 Å². The van der Waals surface area contributed by atoms with Crippen LogP contribution in [0, 0.1) is 0 Å². The summed E-state index contributed by atoms with van der Waals surface area (Å²) in [5.74, 6) is 0.449. The van der Waals surface area contributed by atoms with Gasteiger partial charge < -0.3 is 5.11 Å². The second-order valence-electron chi connectivity index (χ2n) is 15.0. The molecule has 3 aromatic rings. The van der Waals surface area contributed by atoms with E-state index in [1.165, 1.54) is 38.9 Å². The van der Waals surface area contributed by atoms with Gasteiger partial charge in [0, 0.05) is 11.5 Å². The van der Waals surface area contributed by atoms with E-state index in [-0.39, 0.29) is 27.6 Å². The molecule has 0 aromatic heterocycles. The molecule has 36 heavy (non-hydrogen) atoms. The van der Waals surface area contributed by atoms with Gasteiger partial charge in [0.1, 0.15) is 5.75 Å². The van der Waals surface area contributed by atoms with Crippen molar-refractivity contribution < 1.29 is 5.11 Å². The first-order valence-corrected chi connectivity index (χ1v) is 13.5. The largest absolute Gasteiger partial charge is 0.507 e. The Morgan fingerprint density at radius 3 is 1.22 bits per heavy atom. The molecular formula is C35H46O. The van der Waals surface area contributed by atoms with Crippen LogP contribution in [0.15, 0.2) is 48.5 Å². The minimum absolute atomic E-state index is 0.00278. The summed E-state index contributed by atoms with van der Waals surface area (Å²) in [4.78, 5) is 0. The van der Waals surface area contributed by atoms with E-state index in [4.69, 9.17) is 0 Å². The van der Waals surface area contributed by atoms with Crippen molar-refractivity contribution in [3.8, 4) is 16.9 Å². The van der Waals surface area contributed by atoms with Gasteiger partial charge in [-0.15, -0.1) is 0 Å². The summed E-state index contributed by atoms with van der Waals surface area (Å²) < 4.78 is 0. The van der Waals surface area contributed by atoms with E-state index in [1.54, 1.807) is 0 Å². The zero-order valence-electron chi connectivity index (χ0n) is 24.6. The Morgan fingerprint density at radius 2 is 0.861 bits per heavy atom. The van der Waals surface area contributed by atoms with Crippen LogP contribution in [0.5, 0.6) is 5.75 Å². The second-order valence-corrected chi connectivity index (χ2v) is 15.0. The minimum atomic E-state index is -0.162. The summed E-state index contributed by atoms with van der Waals surface area (Å²) in [6.07, 6.45) is 0. The first-order chi connectivity index (χ1) is 16.3. The zero-order chi connectivity index (χ0) is 27.0. The molecule has 0 fully saturated rings. The number of fused-ring (bicyclic) bond motifs is 3. The van der Waals surface area contributed by atoms with Crippen molar-refractivity contribution in [2.24, 2.45) is 0 Å². The van der Waals surface area contributed by atoms with Gasteiger partial charge in [-0.2, -0.15) is 0 Å². The predicted molar refractivity (Wildman–Crippen MR) is 156 cm³/mol. The Kier molecular flexibility index (Phi) is 6.07. The number of benzene rings is 3. The van der Waals surface area contributed by atoms with E-state index in [9.17, 15) is 5.11 Å². The van der Waals surface area contributed by atoms with Crippen LogP contribution in [0.3, 0.4) is 0 Å². The molecular weight excluding hydrogens is 436 g/mol. The molecule has 0 bridgehead atoms. The van der Waals surface area contributed by atoms with Gasteiger partial charge in [-0.25, -0.2) is 0 Å². The SMILES string of the molecule is CC(C)(C)c1ccc2c(c1)C(c1cc(C(C)(C)C)cc(C(C)(C)C)c1O)c1cc(C(C)(C)C)ccc1-2. The van der Waals surface area contributed by atoms with Crippen molar-refractivity contribution in [2.45, 2.75) is 111 Å². The number of phenols is 1. The van der Waals surface area contributed by atoms with Gasteiger partial charge in [0.2, 0.25) is 0 Å². The van der Waals surface area contributed by atoms with Gasteiger partial charge in [0.25, 0.3) is 0 Å². The normalized spacial score (nSPS) is 14.7. The molecule has 1 aliphatic carbocycles. The van der Waals surface area contributed by atoms with Gasteiger partial charge in [0.05, 0.1) is 0 Å². The fraction of sp³-hybridized carbons (Fsp3) is 0.486. The highest BCUT2D eigenvalue weighted by Crippen LogP contribution is 2.53. The van der Waals surface area contributed by atoms with E-state index in [0.717, 1.165) is 11.1 Å². The van der Waals surface area contributed by atoms with Crippen molar-refractivity contribution in [1.29, 1.82) is 0 Å². The van der Waals surface area contributed by atoms with E-state index >= 15 is 0 Å². The summed E-state index contributed by atoms with van der Waals surface area (Å²) in [5, 5.41) is 11.9. The Hall–Kier alpha value is -2.54. The number of rotatable bonds is 1. The molecule has 0 atom stereocenters. The van der Waals surface area contributed by atoms with E-state index < -0.39 is 0 Å². The van der Waals surface area contributed by atoms with E-state index in [1.807, 2.05) is 0 Å². The Morgan fingerprint density at radius 1 is 0.472 bits per heavy atom. The maximum absolute atomic E-state index is 11.9. The Balaban J connectivity index is 2.10. The molecule has 1 N–H and O–H groups in total. The molecule has 1 nitrogen and oxygen atoms in total. The van der Waals surface area contributed by atoms with Gasteiger partial charge in [0.15, 0.2) is 0 Å². The van der Waals surface area contributed by atoms with Crippen LogP contribution < -0.4 is 0 Å². The zero-order valence-corrected chi connectivity index (χ0v) is 24.6. The van der Waals surface area contributed by atoms with Gasteiger partial charge in [-0.05, 0) is 66.2 Å². The standard InChI is InChI=1S/C35H46O/c1-32(2,3)21-13-15-24-25-16-14-22(33(4,5)6)18-27(25)30(26(24)17-21)28-19-23(34(7,8)9)20-29(31(28)36)35(10,11)12/h13-20,30,36H,1-12H3. The maximum Gasteiger partial charge on any atom is 0.123 e. The third kappa shape index (κ3) is 4.62. The van der Waals surface area contributed by atoms with Crippen molar-refractivity contribution in [3.05, 3.63) is 87.5 Å². The first kappa shape index (κ1) is 26.5. The minimum Gasteiger partial charge on any atom is -0.507 e. The Labute approximate surface area is 220 Å². The number of hydrogen-bond donors (Lipinski definition) is 1. The van der Waals surface area contributed by atoms with Crippen molar-refractivity contribution >= 4 is 0 Å². The number of hydrogen-bond acceptors (Lipinski definition) is 1. The quantitative estimate of drug-likeness (QED) is 0.286. The fourth-order valence-electron chi connectivity index (χ4n) is 5.41. The average molecular weight is 483 g/mol. The molecule has 4 rings (SSSR count). The van der Waals surface area contributed by atoms with Crippen molar-refractivity contribution in [2.75, 3.05) is 0 Å². The third-order valence-corrected chi connectivity index (χ3v) is 7.87. The van der Waals surface area contributed by atoms with Gasteiger partial charge >= 0.3 is 0 Å². The Bertz CT molecular complexity index is 1250. The highest BCUT2D eigenvalue weighted by Gasteiger charge is 2.36. The molecule has 0 saturated carbocycles. The summed E-state index contributed by atoms with van der Waals surface area (Å²) in [6, 6.07) is 18.5. The van der Waals surface area contributed by atoms with Crippen molar-refractivity contribution in [3.63, 3.8) is 0 Å². The van der Waals surface area contributed by atoms with Gasteiger partial charge in [-0.3, -0.25) is 0 Å². The van der Waals surface area contributed by atoms with Crippen molar-refractivity contribution in [1.82, 2.24) is 0 Å². The molecule has 0 spiro atoms. The second kappa shape index (κ2) is 8.23. The average Bonchev–Trinajstić information content (AvgIpc) is 3.04. The molecule has 3 aromatic carbocycles. The lowest BCUT2D eigenvalue weighted by Gasteiger charge is -2.30. The summed E-state index contributed by atoms with van der Waals surface area (Å²) in [5.41, 5.74) is 11.1. The molecule has 1 aliphatic rings. The monoisotopic (exact) mass is 482 g/mol. The molecule has 0 unspecified atom stereocenters. The third-order valence-electron chi connectivity index (χ3n) is 7.87. The van der Waals surface area contributed by atoms with Crippen LogP contribution >= 0.6 is 0 Å². The molecule has 0 aliphatic heterocycles. The first-order valence-electron chi connectivity index (χ1n) is 13.5. The van der Waals surface area contributed by atoms with E-state index in [0.29, 0.717) is 5.75 Å². The lowest BCUT2D eigenvalue weighted by Crippen LogP contribution is -2.19. The topological polar surface area (TPSA) is 20.2 Å². The van der Waals surface area contributed by atoms with Crippen LogP contribution in [0.2, 0.25) is 0 Å².